The molecule has 1 N–H and O–H groups in total. The minimum absolute atomic E-state index is 0.0362. The van der Waals surface area contributed by atoms with Crippen LogP contribution in [0.15, 0.2) is 23.6 Å². The predicted octanol–water partition coefficient (Wildman–Crippen LogP) is 8.67. The monoisotopic (exact) mass is 832 g/mol. The van der Waals surface area contributed by atoms with Gasteiger partial charge in [0.05, 0.1) is 52.3 Å². The molecule has 14 heteroatoms. The van der Waals surface area contributed by atoms with Crippen LogP contribution in [0.3, 0.4) is 0 Å². The van der Waals surface area contributed by atoms with Gasteiger partial charge >= 0.3 is 18.7 Å². The highest BCUT2D eigenvalue weighted by atomic mass is 35.5. The average Bonchev–Trinajstić information content (AvgIpc) is 3.83. The number of nitrogens with zero attached hydrogens (tertiary/aromatic N) is 4. The number of carbonyl (C=O) groups is 4. The van der Waals surface area contributed by atoms with Crippen LogP contribution in [-0.4, -0.2) is 75.1 Å². The fourth-order valence-corrected chi connectivity index (χ4v) is 10.4. The molecule has 0 radical (unpaired) electrons. The lowest BCUT2D eigenvalue weighted by Gasteiger charge is -2.35. The maximum Gasteiger partial charge on any atom is 0.357 e. The van der Waals surface area contributed by atoms with Gasteiger partial charge in [-0.1, -0.05) is 59.6 Å². The molecule has 8 atom stereocenters. The van der Waals surface area contributed by atoms with Crippen LogP contribution in [0.25, 0.3) is 27.1 Å². The van der Waals surface area contributed by atoms with E-state index in [2.05, 4.69) is 18.7 Å². The number of aliphatic carboxylic acids is 1. The van der Waals surface area contributed by atoms with Crippen LogP contribution in [0.4, 0.5) is 0 Å². The van der Waals surface area contributed by atoms with Crippen LogP contribution in [0, 0.1) is 47.0 Å². The molecule has 2 unspecified atom stereocenters. The molecule has 3 heterocycles. The van der Waals surface area contributed by atoms with Crippen molar-refractivity contribution in [1.82, 2.24) is 14.9 Å². The molecule has 310 valence electrons. The summed E-state index contributed by atoms with van der Waals surface area (Å²) < 4.78 is 18.3. The van der Waals surface area contributed by atoms with Gasteiger partial charge in [-0.05, 0) is 66.9 Å². The number of thiazole rings is 1. The second-order valence-electron chi connectivity index (χ2n) is 18.3. The number of likely N-dealkylation sites (tertiary alicyclic amines) is 1. The summed E-state index contributed by atoms with van der Waals surface area (Å²) in [5, 5.41) is 13.9. The van der Waals surface area contributed by atoms with Crippen molar-refractivity contribution in [1.29, 1.82) is 0 Å². The highest BCUT2D eigenvalue weighted by molar-refractivity contribution is 7.09. The van der Waals surface area contributed by atoms with Crippen LogP contribution in [-0.2, 0) is 30.3 Å². The van der Waals surface area contributed by atoms with Crippen molar-refractivity contribution in [2.75, 3.05) is 13.3 Å². The summed E-state index contributed by atoms with van der Waals surface area (Å²) in [4.78, 5) is 69.6. The number of amides is 1. The Bertz CT molecular complexity index is 2130. The van der Waals surface area contributed by atoms with Gasteiger partial charge in [0.25, 0.3) is 0 Å². The smallest absolute Gasteiger partial charge is 0.357 e. The summed E-state index contributed by atoms with van der Waals surface area (Å²) in [6.07, 6.45) is 3.77. The molecule has 1 aromatic carbocycles. The Morgan fingerprint density at radius 2 is 1.81 bits per heavy atom. The van der Waals surface area contributed by atoms with Gasteiger partial charge < -0.3 is 24.2 Å². The van der Waals surface area contributed by atoms with E-state index in [-0.39, 0.29) is 67.0 Å². The third-order valence-corrected chi connectivity index (χ3v) is 13.8. The van der Waals surface area contributed by atoms with Gasteiger partial charge in [0.1, 0.15) is 28.7 Å². The van der Waals surface area contributed by atoms with Crippen molar-refractivity contribution in [3.8, 4) is 22.9 Å². The normalized spacial score (nSPS) is 26.6. The lowest BCUT2D eigenvalue weighted by Crippen LogP contribution is -2.48. The maximum atomic E-state index is 14.8. The molecular formula is C44H53ClN4O8S. The van der Waals surface area contributed by atoms with Gasteiger partial charge in [-0.2, -0.15) is 0 Å². The molecule has 1 saturated heterocycles. The van der Waals surface area contributed by atoms with E-state index in [1.807, 2.05) is 33.1 Å². The number of benzene rings is 1. The zero-order chi connectivity index (χ0) is 41.7. The SMILES string of the molecule is [C-]#[N+]COc1ccc2c(O[C@@H]3C[C@@H](C(=O)C[C@@]4(C(=O)O)C[C@H]4CC)N(C(=O)[C@H](CC(=O)OC4CC5C[C@H]5C4)C(C)(C)C)C3)cc(-c3csc(CC(C)C)n3)nc2c1Cl. The number of hydrogen-bond acceptors (Lipinski definition) is 10. The lowest BCUT2D eigenvalue weighted by molar-refractivity contribution is -0.157. The Hall–Kier alpha value is -4.28. The van der Waals surface area contributed by atoms with Gasteiger partial charge in [-0.3, -0.25) is 24.0 Å². The van der Waals surface area contributed by atoms with E-state index < -0.39 is 40.8 Å². The number of Topliss-reactive ketones (excluding diaryl/α,β-unsaturated/α-hetero) is 1. The molecular weight excluding hydrogens is 780 g/mol. The van der Waals surface area contributed by atoms with Gasteiger partial charge in [-0.25, -0.2) is 16.5 Å². The van der Waals surface area contributed by atoms with Crippen molar-refractivity contribution in [2.24, 2.45) is 40.4 Å². The summed E-state index contributed by atoms with van der Waals surface area (Å²) in [7, 11) is 0. The van der Waals surface area contributed by atoms with E-state index in [4.69, 9.17) is 42.4 Å². The first kappa shape index (κ1) is 41.9. The minimum atomic E-state index is -1.16. The standard InChI is InChI=1S/C44H53ClN4O8S/c1-8-26-18-44(26,42(53)54)19-34(50)33-15-28(20-49(33)41(52)30(43(4,5)6)16-38(51)57-27-13-24-12-25(24)14-27)56-36-17-31(32-21-58-37(47-32)11-23(2)3)48-40-29(36)9-10-35(39(40)45)55-22-46-7/h9-10,17,21,23-28,30,33H,8,11-16,18-20,22H2,1-6H3,(H,53,54)/t24-,25?,26+,27?,28+,30-,33-,44-/m0/s1. The minimum Gasteiger partial charge on any atom is -0.488 e. The number of ether oxygens (including phenoxy) is 3. The van der Waals surface area contributed by atoms with Crippen LogP contribution >= 0.6 is 22.9 Å². The van der Waals surface area contributed by atoms with Gasteiger partial charge in [0.2, 0.25) is 5.91 Å². The van der Waals surface area contributed by atoms with Crippen LogP contribution < -0.4 is 9.47 Å². The van der Waals surface area contributed by atoms with Gasteiger partial charge in [-0.15, -0.1) is 11.3 Å². The van der Waals surface area contributed by atoms with Crippen molar-refractivity contribution >= 4 is 57.5 Å². The molecule has 12 nitrogen and oxygen atoms in total. The predicted molar refractivity (Wildman–Crippen MR) is 219 cm³/mol. The molecule has 0 bridgehead atoms. The first-order valence-electron chi connectivity index (χ1n) is 20.5. The highest BCUT2D eigenvalue weighted by Crippen LogP contribution is 2.58. The average molecular weight is 833 g/mol. The van der Waals surface area contributed by atoms with Crippen molar-refractivity contribution in [2.45, 2.75) is 118 Å². The molecule has 7 rings (SSSR count). The largest absolute Gasteiger partial charge is 0.488 e. The fourth-order valence-electron chi connectivity index (χ4n) is 9.15. The molecule has 3 aromatic rings. The number of pyridine rings is 1. The summed E-state index contributed by atoms with van der Waals surface area (Å²) >= 11 is 8.42. The number of carbonyl (C=O) groups excluding carboxylic acids is 3. The number of rotatable bonds is 16. The van der Waals surface area contributed by atoms with E-state index in [9.17, 15) is 24.3 Å². The third-order valence-electron chi connectivity index (χ3n) is 12.6. The molecule has 58 heavy (non-hydrogen) atoms. The molecule has 4 aliphatic rings. The zero-order valence-electron chi connectivity index (χ0n) is 34.1. The Labute approximate surface area is 348 Å². The lowest BCUT2D eigenvalue weighted by atomic mass is 9.77. The van der Waals surface area contributed by atoms with Gasteiger partial charge in [0, 0.05) is 36.1 Å². The van der Waals surface area contributed by atoms with E-state index in [1.54, 1.807) is 18.2 Å². The third kappa shape index (κ3) is 8.69. The second-order valence-corrected chi connectivity index (χ2v) is 19.6. The molecule has 1 aliphatic heterocycles. The van der Waals surface area contributed by atoms with E-state index in [0.29, 0.717) is 58.6 Å². The number of fused-ring (bicyclic) bond motifs is 2. The summed E-state index contributed by atoms with van der Waals surface area (Å²) in [5.41, 5.74) is -0.298. The van der Waals surface area contributed by atoms with E-state index >= 15 is 0 Å². The molecule has 0 spiro atoms. The van der Waals surface area contributed by atoms with Crippen molar-refractivity contribution in [3.63, 3.8) is 0 Å². The number of aromatic nitrogens is 2. The number of hydrogen-bond donors (Lipinski definition) is 1. The summed E-state index contributed by atoms with van der Waals surface area (Å²) in [5.74, 6) is -0.664. The second kappa shape index (κ2) is 16.4. The Balaban J connectivity index is 1.21. The Kier molecular flexibility index (Phi) is 11.8. The molecule has 4 fully saturated rings. The van der Waals surface area contributed by atoms with Crippen LogP contribution in [0.2, 0.25) is 5.02 Å². The van der Waals surface area contributed by atoms with E-state index in [1.165, 1.54) is 22.7 Å². The maximum absolute atomic E-state index is 14.8. The first-order chi connectivity index (χ1) is 27.5. The number of halogens is 1. The number of carboxylic acids is 1. The molecule has 2 aromatic heterocycles. The summed E-state index contributed by atoms with van der Waals surface area (Å²) in [6, 6.07) is 4.22. The Morgan fingerprint density at radius 3 is 2.45 bits per heavy atom. The molecule has 3 saturated carbocycles. The number of carboxylic acid groups (broad SMARTS) is 1. The highest BCUT2D eigenvalue weighted by Gasteiger charge is 2.61. The van der Waals surface area contributed by atoms with E-state index in [0.717, 1.165) is 24.3 Å². The molecule has 1 amide bonds. The number of ketones is 1. The summed E-state index contributed by atoms with van der Waals surface area (Å²) in [6.45, 7) is 18.9. The van der Waals surface area contributed by atoms with Crippen molar-refractivity contribution < 1.29 is 38.5 Å². The zero-order valence-corrected chi connectivity index (χ0v) is 35.7. The van der Waals surface area contributed by atoms with Gasteiger partial charge in [0.15, 0.2) is 5.78 Å². The first-order valence-corrected chi connectivity index (χ1v) is 21.7. The number of esters is 1. The molecule has 3 aliphatic carbocycles. The quantitative estimate of drug-likeness (QED) is 0.110. The fraction of sp³-hybridized carbons (Fsp3) is 0.614. The van der Waals surface area contributed by atoms with Crippen LogP contribution in [0.5, 0.6) is 11.5 Å². The van der Waals surface area contributed by atoms with Crippen molar-refractivity contribution in [3.05, 3.63) is 45.0 Å². The topological polar surface area (TPSA) is 150 Å². The van der Waals surface area contributed by atoms with Crippen LogP contribution in [0.1, 0.15) is 97.9 Å². The Morgan fingerprint density at radius 1 is 1.07 bits per heavy atom.